The molecule has 0 aromatic heterocycles. The monoisotopic (exact) mass is 238 g/mol. The Balaban J connectivity index is 3.05. The summed E-state index contributed by atoms with van der Waals surface area (Å²) in [6.45, 7) is 3.89. The number of allylic oxidation sites excluding steroid dienone is 1. The van der Waals surface area contributed by atoms with E-state index >= 15 is 0 Å². The highest BCUT2D eigenvalue weighted by atomic mass is 32.2. The Labute approximate surface area is 97.9 Å². The lowest BCUT2D eigenvalue weighted by Gasteiger charge is -2.11. The number of benzene rings is 1. The largest absolute Gasteiger partial charge is 0.223 e. The van der Waals surface area contributed by atoms with Crippen LogP contribution in [0.25, 0.3) is 0 Å². The highest BCUT2D eigenvalue weighted by molar-refractivity contribution is 7.92. The minimum atomic E-state index is -3.21. The van der Waals surface area contributed by atoms with E-state index in [0.717, 1.165) is 6.42 Å². The topological polar surface area (TPSA) is 34.1 Å². The Morgan fingerprint density at radius 3 is 2.31 bits per heavy atom. The molecule has 1 aromatic carbocycles. The molecule has 0 aliphatic heterocycles. The van der Waals surface area contributed by atoms with Crippen LogP contribution in [0.4, 0.5) is 0 Å². The maximum absolute atomic E-state index is 12.2. The van der Waals surface area contributed by atoms with Gasteiger partial charge in [-0.25, -0.2) is 8.42 Å². The summed E-state index contributed by atoms with van der Waals surface area (Å²) in [6.07, 6.45) is 5.17. The fraction of sp³-hybridized carbons (Fsp3) is 0.385. The van der Waals surface area contributed by atoms with Crippen LogP contribution in [0.3, 0.4) is 0 Å². The van der Waals surface area contributed by atoms with Gasteiger partial charge in [0.1, 0.15) is 0 Å². The summed E-state index contributed by atoms with van der Waals surface area (Å²) < 4.78 is 24.4. The lowest BCUT2D eigenvalue weighted by molar-refractivity contribution is 0.586. The first-order valence-corrected chi connectivity index (χ1v) is 7.13. The zero-order valence-electron chi connectivity index (χ0n) is 9.76. The molecule has 0 fully saturated rings. The van der Waals surface area contributed by atoms with E-state index in [9.17, 15) is 8.42 Å². The molecule has 0 radical (unpaired) electrons. The van der Waals surface area contributed by atoms with Crippen molar-refractivity contribution in [1.29, 1.82) is 0 Å². The highest BCUT2D eigenvalue weighted by Gasteiger charge is 2.22. The molecule has 0 saturated carbocycles. The summed E-state index contributed by atoms with van der Waals surface area (Å²) in [6, 6.07) is 8.63. The third-order valence-electron chi connectivity index (χ3n) is 2.46. The van der Waals surface area contributed by atoms with E-state index < -0.39 is 15.1 Å². The van der Waals surface area contributed by atoms with Crippen LogP contribution < -0.4 is 0 Å². The molecule has 0 aliphatic carbocycles. The third kappa shape index (κ3) is 2.95. The van der Waals surface area contributed by atoms with Crippen LogP contribution in [0.1, 0.15) is 26.7 Å². The van der Waals surface area contributed by atoms with E-state index in [4.69, 9.17) is 0 Å². The first-order valence-electron chi connectivity index (χ1n) is 5.58. The Bertz CT molecular complexity index is 432. The van der Waals surface area contributed by atoms with E-state index in [1.807, 2.05) is 26.0 Å². The number of hydrogen-bond donors (Lipinski definition) is 0. The predicted molar refractivity (Wildman–Crippen MR) is 67.1 cm³/mol. The molecule has 1 aromatic rings. The van der Waals surface area contributed by atoms with Crippen LogP contribution in [0.15, 0.2) is 47.4 Å². The molecule has 1 unspecified atom stereocenters. The molecular formula is C13H18O2S. The molecule has 1 atom stereocenters. The van der Waals surface area contributed by atoms with Crippen molar-refractivity contribution < 1.29 is 8.42 Å². The van der Waals surface area contributed by atoms with Crippen molar-refractivity contribution in [2.24, 2.45) is 0 Å². The highest BCUT2D eigenvalue weighted by Crippen LogP contribution is 2.19. The zero-order valence-corrected chi connectivity index (χ0v) is 10.6. The van der Waals surface area contributed by atoms with Gasteiger partial charge in [-0.1, -0.05) is 44.2 Å². The second-order valence-electron chi connectivity index (χ2n) is 3.64. The normalized spacial score (nSPS) is 14.1. The number of sulfone groups is 1. The maximum Gasteiger partial charge on any atom is 0.184 e. The molecule has 0 aliphatic rings. The average molecular weight is 238 g/mol. The van der Waals surface area contributed by atoms with Crippen LogP contribution in [-0.4, -0.2) is 13.7 Å². The van der Waals surface area contributed by atoms with Crippen LogP contribution in [0.5, 0.6) is 0 Å². The van der Waals surface area contributed by atoms with Gasteiger partial charge in [0, 0.05) is 0 Å². The first-order chi connectivity index (χ1) is 7.62. The second-order valence-corrected chi connectivity index (χ2v) is 5.81. The van der Waals surface area contributed by atoms with E-state index in [1.54, 1.807) is 30.3 Å². The van der Waals surface area contributed by atoms with Gasteiger partial charge < -0.3 is 0 Å². The molecule has 3 heteroatoms. The Morgan fingerprint density at radius 1 is 1.19 bits per heavy atom. The molecule has 88 valence electrons. The molecule has 0 bridgehead atoms. The van der Waals surface area contributed by atoms with Crippen molar-refractivity contribution in [2.45, 2.75) is 36.8 Å². The molecule has 1 rings (SSSR count). The van der Waals surface area contributed by atoms with Gasteiger partial charge in [-0.05, 0) is 25.0 Å². The van der Waals surface area contributed by atoms with Gasteiger partial charge in [-0.15, -0.1) is 0 Å². The lowest BCUT2D eigenvalue weighted by atomic mass is 10.3. The summed E-state index contributed by atoms with van der Waals surface area (Å²) in [4.78, 5) is 0.405. The fourth-order valence-corrected chi connectivity index (χ4v) is 3.17. The number of rotatable bonds is 5. The molecule has 0 heterocycles. The van der Waals surface area contributed by atoms with Gasteiger partial charge in [0.05, 0.1) is 10.1 Å². The maximum atomic E-state index is 12.2. The van der Waals surface area contributed by atoms with Crippen molar-refractivity contribution >= 4 is 9.84 Å². The molecular weight excluding hydrogens is 220 g/mol. The standard InChI is InChI=1S/C13H18O2S/c1-3-5-9-12(4-2)16(14,15)13-10-7-6-8-11-13/h5-12H,3-4H2,1-2H3/b9-5+. The Hall–Kier alpha value is -1.09. The SMILES string of the molecule is CC/C=C/C(CC)S(=O)(=O)c1ccccc1. The Kier molecular flexibility index (Phi) is 4.74. The summed E-state index contributed by atoms with van der Waals surface area (Å²) >= 11 is 0. The lowest BCUT2D eigenvalue weighted by Crippen LogP contribution is -2.18. The van der Waals surface area contributed by atoms with E-state index in [2.05, 4.69) is 0 Å². The van der Waals surface area contributed by atoms with Gasteiger partial charge >= 0.3 is 0 Å². The molecule has 0 saturated heterocycles. The second kappa shape index (κ2) is 5.85. The minimum Gasteiger partial charge on any atom is -0.223 e. The number of hydrogen-bond acceptors (Lipinski definition) is 2. The molecule has 16 heavy (non-hydrogen) atoms. The smallest absolute Gasteiger partial charge is 0.184 e. The predicted octanol–water partition coefficient (Wildman–Crippen LogP) is 3.21. The van der Waals surface area contributed by atoms with Crippen LogP contribution >= 0.6 is 0 Å². The van der Waals surface area contributed by atoms with Gasteiger partial charge in [0.15, 0.2) is 9.84 Å². The van der Waals surface area contributed by atoms with Gasteiger partial charge in [-0.2, -0.15) is 0 Å². The minimum absolute atomic E-state index is 0.405. The van der Waals surface area contributed by atoms with Crippen LogP contribution in [-0.2, 0) is 9.84 Å². The van der Waals surface area contributed by atoms with Crippen LogP contribution in [0, 0.1) is 0 Å². The van der Waals surface area contributed by atoms with Crippen molar-refractivity contribution in [3.63, 3.8) is 0 Å². The summed E-state index contributed by atoms with van der Waals surface area (Å²) in [7, 11) is -3.21. The zero-order chi connectivity index (χ0) is 12.0. The summed E-state index contributed by atoms with van der Waals surface area (Å²) in [5.41, 5.74) is 0. The van der Waals surface area contributed by atoms with Gasteiger partial charge in [-0.3, -0.25) is 0 Å². The Morgan fingerprint density at radius 2 is 1.81 bits per heavy atom. The first kappa shape index (κ1) is 13.0. The summed E-state index contributed by atoms with van der Waals surface area (Å²) in [5, 5.41) is -0.408. The molecule has 0 amide bonds. The van der Waals surface area contributed by atoms with Gasteiger partial charge in [0.25, 0.3) is 0 Å². The van der Waals surface area contributed by atoms with Crippen molar-refractivity contribution in [2.75, 3.05) is 0 Å². The fourth-order valence-electron chi connectivity index (χ4n) is 1.53. The molecule has 2 nitrogen and oxygen atoms in total. The van der Waals surface area contributed by atoms with Gasteiger partial charge in [0.2, 0.25) is 0 Å². The van der Waals surface area contributed by atoms with E-state index in [-0.39, 0.29) is 0 Å². The van der Waals surface area contributed by atoms with Crippen molar-refractivity contribution in [1.82, 2.24) is 0 Å². The van der Waals surface area contributed by atoms with E-state index in [0.29, 0.717) is 11.3 Å². The van der Waals surface area contributed by atoms with E-state index in [1.165, 1.54) is 0 Å². The van der Waals surface area contributed by atoms with Crippen LogP contribution in [0.2, 0.25) is 0 Å². The molecule has 0 N–H and O–H groups in total. The van der Waals surface area contributed by atoms with Crippen molar-refractivity contribution in [3.05, 3.63) is 42.5 Å². The van der Waals surface area contributed by atoms with Crippen molar-refractivity contribution in [3.8, 4) is 0 Å². The molecule has 0 spiro atoms. The summed E-state index contributed by atoms with van der Waals surface area (Å²) in [5.74, 6) is 0. The quantitative estimate of drug-likeness (QED) is 0.738. The third-order valence-corrected chi connectivity index (χ3v) is 4.68. The average Bonchev–Trinajstić information content (AvgIpc) is 2.31.